The summed E-state index contributed by atoms with van der Waals surface area (Å²) in [5.74, 6) is -0.532. The molecular weight excluding hydrogens is 214 g/mol. The number of carbonyl (C=O) groups is 1. The number of aromatic nitrogens is 2. The first kappa shape index (κ1) is 9.73. The van der Waals surface area contributed by atoms with Crippen LogP contribution in [0, 0.1) is 0 Å². The number of carbonyl (C=O) groups excluding carboxylic acids is 1. The molecule has 1 aromatic heterocycles. The summed E-state index contributed by atoms with van der Waals surface area (Å²) in [5.41, 5.74) is 6.87. The predicted octanol–water partition coefficient (Wildman–Crippen LogP) is 1.83. The van der Waals surface area contributed by atoms with Crippen molar-refractivity contribution in [1.82, 2.24) is 10.2 Å². The number of amides is 1. The molecule has 15 heavy (non-hydrogen) atoms. The topological polar surface area (TPSA) is 71.8 Å². The highest BCUT2D eigenvalue weighted by molar-refractivity contribution is 6.30. The largest absolute Gasteiger partial charge is 0.364 e. The standard InChI is InChI=1S/C10H8ClN3O/c11-7-3-1-2-6(4-7)8-5-9(10(12)15)14-13-8/h1-5H,(H2,12,15)(H,13,14). The summed E-state index contributed by atoms with van der Waals surface area (Å²) in [6.45, 7) is 0. The predicted molar refractivity (Wildman–Crippen MR) is 57.6 cm³/mol. The first-order chi connectivity index (χ1) is 7.16. The molecule has 2 aromatic rings. The van der Waals surface area contributed by atoms with E-state index in [1.807, 2.05) is 12.1 Å². The van der Waals surface area contributed by atoms with Crippen LogP contribution in [0.25, 0.3) is 11.3 Å². The Labute approximate surface area is 91.1 Å². The number of hydrogen-bond donors (Lipinski definition) is 2. The molecule has 0 unspecified atom stereocenters. The third kappa shape index (κ3) is 1.99. The second kappa shape index (κ2) is 3.74. The maximum absolute atomic E-state index is 10.8. The van der Waals surface area contributed by atoms with Crippen molar-refractivity contribution >= 4 is 17.5 Å². The van der Waals surface area contributed by atoms with Gasteiger partial charge in [0.2, 0.25) is 0 Å². The Morgan fingerprint density at radius 3 is 2.80 bits per heavy atom. The lowest BCUT2D eigenvalue weighted by atomic mass is 10.1. The molecule has 0 saturated carbocycles. The van der Waals surface area contributed by atoms with Crippen LogP contribution in [-0.2, 0) is 0 Å². The summed E-state index contributed by atoms with van der Waals surface area (Å²) >= 11 is 5.83. The zero-order valence-corrected chi connectivity index (χ0v) is 8.45. The number of benzene rings is 1. The lowest BCUT2D eigenvalue weighted by Crippen LogP contribution is -2.10. The Hall–Kier alpha value is -1.81. The first-order valence-electron chi connectivity index (χ1n) is 4.28. The molecule has 0 aliphatic carbocycles. The molecule has 5 heteroatoms. The third-order valence-corrected chi connectivity index (χ3v) is 2.20. The summed E-state index contributed by atoms with van der Waals surface area (Å²) in [6.07, 6.45) is 0. The van der Waals surface area contributed by atoms with Gasteiger partial charge >= 0.3 is 0 Å². The van der Waals surface area contributed by atoms with E-state index in [-0.39, 0.29) is 5.69 Å². The number of aromatic amines is 1. The molecule has 0 aliphatic rings. The number of nitrogens with two attached hydrogens (primary N) is 1. The van der Waals surface area contributed by atoms with Crippen LogP contribution >= 0.6 is 11.6 Å². The van der Waals surface area contributed by atoms with Gasteiger partial charge in [0.25, 0.3) is 5.91 Å². The molecule has 1 amide bonds. The number of hydrogen-bond acceptors (Lipinski definition) is 2. The number of nitrogens with one attached hydrogen (secondary N) is 1. The van der Waals surface area contributed by atoms with Gasteiger partial charge in [-0.15, -0.1) is 0 Å². The molecule has 0 saturated heterocycles. The molecule has 0 spiro atoms. The van der Waals surface area contributed by atoms with Crippen LogP contribution in [0.1, 0.15) is 10.5 Å². The summed E-state index contributed by atoms with van der Waals surface area (Å²) in [6, 6.07) is 8.80. The molecule has 0 radical (unpaired) electrons. The van der Waals surface area contributed by atoms with Gasteiger partial charge in [-0.2, -0.15) is 5.10 Å². The normalized spacial score (nSPS) is 10.2. The van der Waals surface area contributed by atoms with E-state index >= 15 is 0 Å². The lowest BCUT2D eigenvalue weighted by molar-refractivity contribution is 0.0995. The lowest BCUT2D eigenvalue weighted by Gasteiger charge is -1.95. The highest BCUT2D eigenvalue weighted by Crippen LogP contribution is 2.21. The van der Waals surface area contributed by atoms with E-state index in [4.69, 9.17) is 17.3 Å². The molecule has 76 valence electrons. The molecule has 3 N–H and O–H groups in total. The van der Waals surface area contributed by atoms with Gasteiger partial charge in [-0.25, -0.2) is 0 Å². The quantitative estimate of drug-likeness (QED) is 0.812. The van der Waals surface area contributed by atoms with Crippen molar-refractivity contribution in [2.75, 3.05) is 0 Å². The molecule has 0 aliphatic heterocycles. The van der Waals surface area contributed by atoms with Crippen LogP contribution in [0.2, 0.25) is 5.02 Å². The van der Waals surface area contributed by atoms with Gasteiger partial charge in [-0.1, -0.05) is 23.7 Å². The molecule has 1 heterocycles. The van der Waals surface area contributed by atoms with E-state index in [1.54, 1.807) is 18.2 Å². The fourth-order valence-electron chi connectivity index (χ4n) is 1.24. The highest BCUT2D eigenvalue weighted by Gasteiger charge is 2.07. The van der Waals surface area contributed by atoms with Crippen molar-refractivity contribution in [1.29, 1.82) is 0 Å². The van der Waals surface area contributed by atoms with Crippen LogP contribution < -0.4 is 5.73 Å². The van der Waals surface area contributed by atoms with Gasteiger partial charge < -0.3 is 5.73 Å². The minimum Gasteiger partial charge on any atom is -0.364 e. The molecule has 0 atom stereocenters. The van der Waals surface area contributed by atoms with Crippen molar-refractivity contribution in [2.45, 2.75) is 0 Å². The zero-order chi connectivity index (χ0) is 10.8. The molecule has 0 fully saturated rings. The molecule has 2 rings (SSSR count). The first-order valence-corrected chi connectivity index (χ1v) is 4.66. The maximum Gasteiger partial charge on any atom is 0.266 e. The Bertz CT molecular complexity index is 507. The summed E-state index contributed by atoms with van der Waals surface area (Å²) < 4.78 is 0. The minimum absolute atomic E-state index is 0.282. The summed E-state index contributed by atoms with van der Waals surface area (Å²) in [7, 11) is 0. The van der Waals surface area contributed by atoms with E-state index in [0.717, 1.165) is 5.56 Å². The monoisotopic (exact) mass is 221 g/mol. The van der Waals surface area contributed by atoms with Gasteiger partial charge in [-0.05, 0) is 18.2 Å². The van der Waals surface area contributed by atoms with Gasteiger partial charge in [0.05, 0.1) is 5.69 Å². The van der Waals surface area contributed by atoms with E-state index in [2.05, 4.69) is 10.2 Å². The Morgan fingerprint density at radius 1 is 1.40 bits per heavy atom. The fraction of sp³-hybridized carbons (Fsp3) is 0. The second-order valence-corrected chi connectivity index (χ2v) is 3.48. The van der Waals surface area contributed by atoms with Gasteiger partial charge in [0.1, 0.15) is 5.69 Å². The van der Waals surface area contributed by atoms with Crippen molar-refractivity contribution < 1.29 is 4.79 Å². The van der Waals surface area contributed by atoms with E-state index in [0.29, 0.717) is 10.7 Å². The molecular formula is C10H8ClN3O. The van der Waals surface area contributed by atoms with E-state index in [9.17, 15) is 4.79 Å². The van der Waals surface area contributed by atoms with Gasteiger partial charge in [-0.3, -0.25) is 9.89 Å². The van der Waals surface area contributed by atoms with Crippen molar-refractivity contribution in [3.63, 3.8) is 0 Å². The van der Waals surface area contributed by atoms with Crippen molar-refractivity contribution in [3.8, 4) is 11.3 Å². The Kier molecular flexibility index (Phi) is 2.43. The van der Waals surface area contributed by atoms with Crippen LogP contribution in [-0.4, -0.2) is 16.1 Å². The number of primary amides is 1. The van der Waals surface area contributed by atoms with Crippen LogP contribution in [0.15, 0.2) is 30.3 Å². The van der Waals surface area contributed by atoms with Crippen LogP contribution in [0.4, 0.5) is 0 Å². The zero-order valence-electron chi connectivity index (χ0n) is 7.70. The van der Waals surface area contributed by atoms with Crippen LogP contribution in [0.5, 0.6) is 0 Å². The fourth-order valence-corrected chi connectivity index (χ4v) is 1.43. The minimum atomic E-state index is -0.532. The van der Waals surface area contributed by atoms with Crippen molar-refractivity contribution in [2.24, 2.45) is 5.73 Å². The highest BCUT2D eigenvalue weighted by atomic mass is 35.5. The SMILES string of the molecule is NC(=O)c1cc(-c2cccc(Cl)c2)n[nH]1. The molecule has 1 aromatic carbocycles. The number of halogens is 1. The third-order valence-electron chi connectivity index (χ3n) is 1.96. The van der Waals surface area contributed by atoms with Crippen molar-refractivity contribution in [3.05, 3.63) is 41.0 Å². The smallest absolute Gasteiger partial charge is 0.266 e. The van der Waals surface area contributed by atoms with E-state index in [1.165, 1.54) is 0 Å². The van der Waals surface area contributed by atoms with E-state index < -0.39 is 5.91 Å². The summed E-state index contributed by atoms with van der Waals surface area (Å²) in [5, 5.41) is 7.14. The van der Waals surface area contributed by atoms with Gasteiger partial charge in [0, 0.05) is 10.6 Å². The maximum atomic E-state index is 10.8. The average Bonchev–Trinajstić information content (AvgIpc) is 2.66. The Balaban J connectivity index is 2.41. The number of rotatable bonds is 2. The molecule has 4 nitrogen and oxygen atoms in total. The van der Waals surface area contributed by atoms with Gasteiger partial charge in [0.15, 0.2) is 0 Å². The Morgan fingerprint density at radius 2 is 2.20 bits per heavy atom. The molecule has 0 bridgehead atoms. The number of nitrogens with zero attached hydrogens (tertiary/aromatic N) is 1. The second-order valence-electron chi connectivity index (χ2n) is 3.04. The summed E-state index contributed by atoms with van der Waals surface area (Å²) in [4.78, 5) is 10.8. The van der Waals surface area contributed by atoms with Crippen LogP contribution in [0.3, 0.4) is 0 Å². The number of H-pyrrole nitrogens is 1. The average molecular weight is 222 g/mol.